The van der Waals surface area contributed by atoms with Crippen LogP contribution in [0.2, 0.25) is 5.28 Å². The second-order valence-electron chi connectivity index (χ2n) is 5.39. The van der Waals surface area contributed by atoms with Gasteiger partial charge in [-0.1, -0.05) is 19.1 Å². The Morgan fingerprint density at radius 1 is 1.27 bits per heavy atom. The van der Waals surface area contributed by atoms with Crippen LogP contribution in [0.4, 0.5) is 10.3 Å². The quantitative estimate of drug-likeness (QED) is 0.937. The molecule has 3 rings (SSSR count). The van der Waals surface area contributed by atoms with Gasteiger partial charge in [-0.2, -0.15) is 15.0 Å². The fourth-order valence-electron chi connectivity index (χ4n) is 2.38. The molecule has 0 aliphatic carbocycles. The fourth-order valence-corrected chi connectivity index (χ4v) is 2.54. The van der Waals surface area contributed by atoms with Gasteiger partial charge in [0.05, 0.1) is 12.2 Å². The SMILES string of the molecule is C[C@@H]1COC[C@@H]1CNc1nc(Cl)nc(-c2ccccc2F)n1. The number of nitrogens with one attached hydrogen (secondary N) is 1. The van der Waals surface area contributed by atoms with Crippen LogP contribution in [0, 0.1) is 17.7 Å². The maximum Gasteiger partial charge on any atom is 0.227 e. The highest BCUT2D eigenvalue weighted by Crippen LogP contribution is 2.23. The van der Waals surface area contributed by atoms with Gasteiger partial charge in [0.15, 0.2) is 5.82 Å². The van der Waals surface area contributed by atoms with Gasteiger partial charge in [0.1, 0.15) is 5.82 Å². The number of anilines is 1. The molecule has 0 saturated carbocycles. The average Bonchev–Trinajstić information content (AvgIpc) is 2.90. The van der Waals surface area contributed by atoms with Gasteiger partial charge < -0.3 is 10.1 Å². The smallest absolute Gasteiger partial charge is 0.227 e. The van der Waals surface area contributed by atoms with E-state index in [4.69, 9.17) is 16.3 Å². The molecule has 1 aromatic heterocycles. The third kappa shape index (κ3) is 3.34. The molecule has 1 N–H and O–H groups in total. The summed E-state index contributed by atoms with van der Waals surface area (Å²) < 4.78 is 19.3. The van der Waals surface area contributed by atoms with Gasteiger partial charge in [0.2, 0.25) is 11.2 Å². The lowest BCUT2D eigenvalue weighted by atomic mass is 9.98. The number of hydrogen-bond donors (Lipinski definition) is 1. The van der Waals surface area contributed by atoms with Crippen LogP contribution < -0.4 is 5.32 Å². The molecule has 0 bridgehead atoms. The van der Waals surface area contributed by atoms with Crippen LogP contribution in [0.1, 0.15) is 6.92 Å². The van der Waals surface area contributed by atoms with Gasteiger partial charge in [-0.15, -0.1) is 0 Å². The summed E-state index contributed by atoms with van der Waals surface area (Å²) in [6, 6.07) is 6.30. The van der Waals surface area contributed by atoms with Crippen LogP contribution >= 0.6 is 11.6 Å². The lowest BCUT2D eigenvalue weighted by molar-refractivity contribution is 0.182. The summed E-state index contributed by atoms with van der Waals surface area (Å²) in [5, 5.41) is 3.17. The zero-order chi connectivity index (χ0) is 15.5. The Hall–Kier alpha value is -1.79. The molecular formula is C15H16ClFN4O. The molecule has 1 aliphatic rings. The molecule has 1 aliphatic heterocycles. The molecule has 116 valence electrons. The molecule has 5 nitrogen and oxygen atoms in total. The summed E-state index contributed by atoms with van der Waals surface area (Å²) in [7, 11) is 0. The lowest BCUT2D eigenvalue weighted by Gasteiger charge is -2.14. The highest BCUT2D eigenvalue weighted by Gasteiger charge is 2.24. The molecule has 7 heteroatoms. The molecule has 22 heavy (non-hydrogen) atoms. The summed E-state index contributed by atoms with van der Waals surface area (Å²) in [4.78, 5) is 12.3. The molecule has 2 heterocycles. The number of aromatic nitrogens is 3. The van der Waals surface area contributed by atoms with Crippen molar-refractivity contribution >= 4 is 17.5 Å². The van der Waals surface area contributed by atoms with Gasteiger partial charge in [-0.05, 0) is 29.7 Å². The summed E-state index contributed by atoms with van der Waals surface area (Å²) in [6.07, 6.45) is 0. The third-order valence-electron chi connectivity index (χ3n) is 3.76. The molecule has 1 aromatic carbocycles. The van der Waals surface area contributed by atoms with Gasteiger partial charge in [-0.25, -0.2) is 4.39 Å². The summed E-state index contributed by atoms with van der Waals surface area (Å²) in [5.74, 6) is 1.05. The molecule has 2 atom stereocenters. The summed E-state index contributed by atoms with van der Waals surface area (Å²) in [5.41, 5.74) is 0.299. The van der Waals surface area contributed by atoms with Gasteiger partial charge in [-0.3, -0.25) is 0 Å². The summed E-state index contributed by atoms with van der Waals surface area (Å²) >= 11 is 5.93. The van der Waals surface area contributed by atoms with Crippen LogP contribution in [-0.4, -0.2) is 34.7 Å². The number of nitrogens with zero attached hydrogens (tertiary/aromatic N) is 3. The van der Waals surface area contributed by atoms with E-state index < -0.39 is 5.82 Å². The van der Waals surface area contributed by atoms with Gasteiger partial charge >= 0.3 is 0 Å². The van der Waals surface area contributed by atoms with E-state index >= 15 is 0 Å². The number of halogens is 2. The second kappa shape index (κ2) is 6.54. The Kier molecular flexibility index (Phi) is 4.49. The molecule has 1 saturated heterocycles. The first-order valence-electron chi connectivity index (χ1n) is 7.11. The zero-order valence-corrected chi connectivity index (χ0v) is 12.8. The minimum Gasteiger partial charge on any atom is -0.381 e. The maximum absolute atomic E-state index is 13.8. The van der Waals surface area contributed by atoms with Crippen molar-refractivity contribution in [3.63, 3.8) is 0 Å². The highest BCUT2D eigenvalue weighted by molar-refractivity contribution is 6.28. The molecular weight excluding hydrogens is 307 g/mol. The number of benzene rings is 1. The molecule has 0 unspecified atom stereocenters. The highest BCUT2D eigenvalue weighted by atomic mass is 35.5. The Balaban J connectivity index is 1.79. The van der Waals surface area contributed by atoms with Crippen LogP contribution in [0.5, 0.6) is 0 Å². The van der Waals surface area contributed by atoms with Crippen molar-refractivity contribution in [2.24, 2.45) is 11.8 Å². The van der Waals surface area contributed by atoms with E-state index in [-0.39, 0.29) is 11.1 Å². The summed E-state index contributed by atoms with van der Waals surface area (Å²) in [6.45, 7) is 4.31. The average molecular weight is 323 g/mol. The zero-order valence-electron chi connectivity index (χ0n) is 12.1. The Labute approximate surface area is 132 Å². The Bertz CT molecular complexity index is 670. The van der Waals surface area contributed by atoms with Crippen LogP contribution in [0.25, 0.3) is 11.4 Å². The topological polar surface area (TPSA) is 59.9 Å². The Morgan fingerprint density at radius 2 is 2.09 bits per heavy atom. The van der Waals surface area contributed by atoms with Crippen molar-refractivity contribution in [1.82, 2.24) is 15.0 Å². The first kappa shape index (κ1) is 15.1. The van der Waals surface area contributed by atoms with Gasteiger partial charge in [0, 0.05) is 19.1 Å². The van der Waals surface area contributed by atoms with E-state index in [1.54, 1.807) is 18.2 Å². The van der Waals surface area contributed by atoms with Crippen LogP contribution in [0.15, 0.2) is 24.3 Å². The Morgan fingerprint density at radius 3 is 2.82 bits per heavy atom. The second-order valence-corrected chi connectivity index (χ2v) is 5.73. The standard InChI is InChI=1S/C15H16ClFN4O/c1-9-7-22-8-10(9)6-18-15-20-13(19-14(16)21-15)11-4-2-3-5-12(11)17/h2-5,9-10H,6-8H2,1H3,(H,18,19,20,21)/t9-,10+/m1/s1. The molecule has 0 radical (unpaired) electrons. The van der Waals surface area contributed by atoms with Crippen LogP contribution in [0.3, 0.4) is 0 Å². The maximum atomic E-state index is 13.8. The minimum absolute atomic E-state index is 0.0338. The van der Waals surface area contributed by atoms with Gasteiger partial charge in [0.25, 0.3) is 0 Å². The van der Waals surface area contributed by atoms with E-state index in [9.17, 15) is 4.39 Å². The molecule has 0 spiro atoms. The van der Waals surface area contributed by atoms with Crippen molar-refractivity contribution in [3.05, 3.63) is 35.4 Å². The number of hydrogen-bond acceptors (Lipinski definition) is 5. The molecule has 2 aromatic rings. The minimum atomic E-state index is -0.395. The van der Waals surface area contributed by atoms with Crippen molar-refractivity contribution in [2.45, 2.75) is 6.92 Å². The van der Waals surface area contributed by atoms with Crippen molar-refractivity contribution in [3.8, 4) is 11.4 Å². The molecule has 1 fully saturated rings. The first-order valence-corrected chi connectivity index (χ1v) is 7.49. The third-order valence-corrected chi connectivity index (χ3v) is 3.93. The number of ether oxygens (including phenoxy) is 1. The monoisotopic (exact) mass is 322 g/mol. The van der Waals surface area contributed by atoms with Crippen molar-refractivity contribution in [2.75, 3.05) is 25.1 Å². The van der Waals surface area contributed by atoms with E-state index in [1.165, 1.54) is 6.07 Å². The van der Waals surface area contributed by atoms with E-state index in [2.05, 4.69) is 27.2 Å². The van der Waals surface area contributed by atoms with Crippen LogP contribution in [-0.2, 0) is 4.74 Å². The van der Waals surface area contributed by atoms with Crippen molar-refractivity contribution in [1.29, 1.82) is 0 Å². The normalized spacial score (nSPS) is 21.0. The van der Waals surface area contributed by atoms with E-state index in [0.717, 1.165) is 6.61 Å². The largest absolute Gasteiger partial charge is 0.381 e. The fraction of sp³-hybridized carbons (Fsp3) is 0.400. The first-order chi connectivity index (χ1) is 10.6. The van der Waals surface area contributed by atoms with E-state index in [1.807, 2.05) is 0 Å². The van der Waals surface area contributed by atoms with E-state index in [0.29, 0.717) is 36.5 Å². The predicted octanol–water partition coefficient (Wildman–Crippen LogP) is 3.03. The number of rotatable bonds is 4. The predicted molar refractivity (Wildman–Crippen MR) is 82.2 cm³/mol. The lowest BCUT2D eigenvalue weighted by Crippen LogP contribution is -2.21. The molecule has 0 amide bonds. The van der Waals surface area contributed by atoms with Crippen molar-refractivity contribution < 1.29 is 9.13 Å².